The molecular formula is C38H39F3O2. The van der Waals surface area contributed by atoms with Crippen molar-refractivity contribution in [3.63, 3.8) is 0 Å². The highest BCUT2D eigenvalue weighted by molar-refractivity contribution is 5.65. The van der Waals surface area contributed by atoms with Crippen LogP contribution in [-0.2, 0) is 6.61 Å². The molecule has 0 aliphatic heterocycles. The molecule has 4 aromatic carbocycles. The maximum absolute atomic E-state index is 15.2. The van der Waals surface area contributed by atoms with Crippen LogP contribution in [0.15, 0.2) is 66.7 Å². The maximum Gasteiger partial charge on any atom is 0.165 e. The van der Waals surface area contributed by atoms with Crippen molar-refractivity contribution in [1.82, 2.24) is 0 Å². The largest absolute Gasteiger partial charge is 0.493 e. The standard InChI is InChI=1S/C36H37F3O2.C2H2/c1-22-5-13-34(23(2)15-22)40-20-26-6-8-28(9-7-26)29-10-12-31(32(37)18-29)30-11-14-35(33(38)19-30)41-21-27-16-24(3)36(39)25(4)17-27;1-2/h5,10-19,26,28H,6-9,20-21H2,1-4H3;1-2H. The van der Waals surface area contributed by atoms with E-state index in [1.54, 1.807) is 44.2 Å². The molecule has 0 bridgehead atoms. The minimum atomic E-state index is -0.567. The number of rotatable bonds is 8. The summed E-state index contributed by atoms with van der Waals surface area (Å²) >= 11 is 0. The molecule has 0 radical (unpaired) electrons. The van der Waals surface area contributed by atoms with E-state index in [9.17, 15) is 8.78 Å². The number of aryl methyl sites for hydroxylation is 4. The number of halogens is 3. The molecule has 5 heteroatoms. The molecule has 0 amide bonds. The van der Waals surface area contributed by atoms with Crippen molar-refractivity contribution in [3.05, 3.63) is 118 Å². The first-order chi connectivity index (χ1) is 20.7. The fourth-order valence-electron chi connectivity index (χ4n) is 5.92. The molecule has 0 aromatic heterocycles. The van der Waals surface area contributed by atoms with E-state index in [2.05, 4.69) is 38.8 Å². The minimum absolute atomic E-state index is 0.0729. The van der Waals surface area contributed by atoms with Gasteiger partial charge in [-0.25, -0.2) is 13.2 Å². The summed E-state index contributed by atoms with van der Waals surface area (Å²) in [5.41, 5.74) is 6.00. The molecule has 1 aliphatic carbocycles. The Morgan fingerprint density at radius 1 is 0.674 bits per heavy atom. The van der Waals surface area contributed by atoms with Crippen molar-refractivity contribution >= 4 is 0 Å². The second-order valence-corrected chi connectivity index (χ2v) is 11.5. The number of hydrogen-bond acceptors (Lipinski definition) is 2. The van der Waals surface area contributed by atoms with Crippen LogP contribution in [0.2, 0.25) is 0 Å². The van der Waals surface area contributed by atoms with E-state index in [4.69, 9.17) is 9.47 Å². The molecular weight excluding hydrogens is 545 g/mol. The summed E-state index contributed by atoms with van der Waals surface area (Å²) in [5.74, 6) is 0.658. The zero-order chi connectivity index (χ0) is 31.1. The van der Waals surface area contributed by atoms with Gasteiger partial charge in [-0.1, -0.05) is 35.9 Å². The molecule has 0 spiro atoms. The van der Waals surface area contributed by atoms with E-state index in [0.29, 0.717) is 40.7 Å². The van der Waals surface area contributed by atoms with Gasteiger partial charge in [0.25, 0.3) is 0 Å². The van der Waals surface area contributed by atoms with E-state index < -0.39 is 5.82 Å². The molecule has 0 saturated heterocycles. The topological polar surface area (TPSA) is 18.5 Å². The van der Waals surface area contributed by atoms with Gasteiger partial charge in [0.15, 0.2) is 11.6 Å². The predicted molar refractivity (Wildman–Crippen MR) is 168 cm³/mol. The summed E-state index contributed by atoms with van der Waals surface area (Å²) in [7, 11) is 0. The fraction of sp³-hybridized carbons (Fsp3) is 0.316. The average molecular weight is 585 g/mol. The summed E-state index contributed by atoms with van der Waals surface area (Å²) in [5, 5.41) is 0. The van der Waals surface area contributed by atoms with Crippen LogP contribution in [0, 0.1) is 63.9 Å². The Bertz CT molecular complexity index is 1560. The predicted octanol–water partition coefficient (Wildman–Crippen LogP) is 10.2. The van der Waals surface area contributed by atoms with E-state index >= 15 is 4.39 Å². The Kier molecular flexibility index (Phi) is 10.6. The quantitative estimate of drug-likeness (QED) is 0.192. The smallest absolute Gasteiger partial charge is 0.165 e. The third kappa shape index (κ3) is 7.82. The van der Waals surface area contributed by atoms with Crippen LogP contribution in [0.1, 0.15) is 65.0 Å². The summed E-state index contributed by atoms with van der Waals surface area (Å²) in [6.07, 6.45) is 12.1. The van der Waals surface area contributed by atoms with E-state index in [1.807, 2.05) is 12.1 Å². The Morgan fingerprint density at radius 3 is 1.98 bits per heavy atom. The summed E-state index contributed by atoms with van der Waals surface area (Å²) < 4.78 is 55.8. The number of benzene rings is 4. The third-order valence-corrected chi connectivity index (χ3v) is 8.25. The van der Waals surface area contributed by atoms with Crippen LogP contribution in [0.25, 0.3) is 11.1 Å². The zero-order valence-corrected chi connectivity index (χ0v) is 25.4. The maximum atomic E-state index is 15.2. The Balaban J connectivity index is 0.00000207. The van der Waals surface area contributed by atoms with Gasteiger partial charge in [0.1, 0.15) is 24.0 Å². The molecule has 1 aliphatic rings. The Morgan fingerprint density at radius 2 is 1.35 bits per heavy atom. The van der Waals surface area contributed by atoms with Gasteiger partial charge in [-0.15, -0.1) is 12.8 Å². The molecule has 0 N–H and O–H groups in total. The second kappa shape index (κ2) is 14.3. The highest BCUT2D eigenvalue weighted by Crippen LogP contribution is 2.38. The number of ether oxygens (including phenoxy) is 2. The monoisotopic (exact) mass is 584 g/mol. The lowest BCUT2D eigenvalue weighted by Gasteiger charge is -2.29. The summed E-state index contributed by atoms with van der Waals surface area (Å²) in [4.78, 5) is 0. The lowest BCUT2D eigenvalue weighted by Crippen LogP contribution is -2.19. The third-order valence-electron chi connectivity index (χ3n) is 8.25. The van der Waals surface area contributed by atoms with Crippen molar-refractivity contribution in [1.29, 1.82) is 0 Å². The molecule has 0 unspecified atom stereocenters. The van der Waals surface area contributed by atoms with Gasteiger partial charge in [0, 0.05) is 5.56 Å². The van der Waals surface area contributed by atoms with Gasteiger partial charge >= 0.3 is 0 Å². The zero-order valence-electron chi connectivity index (χ0n) is 25.4. The fourth-order valence-corrected chi connectivity index (χ4v) is 5.92. The van der Waals surface area contributed by atoms with Gasteiger partial charge in [0.05, 0.1) is 6.61 Å². The average Bonchev–Trinajstić information content (AvgIpc) is 3.00. The molecule has 0 atom stereocenters. The lowest BCUT2D eigenvalue weighted by atomic mass is 9.78. The van der Waals surface area contributed by atoms with Gasteiger partial charge in [-0.2, -0.15) is 0 Å². The molecule has 5 rings (SSSR count). The first-order valence-electron chi connectivity index (χ1n) is 14.7. The van der Waals surface area contributed by atoms with Crippen LogP contribution < -0.4 is 9.47 Å². The SMILES string of the molecule is C#C.Cc1ccc(OCC2CCC(c3ccc(-c4ccc(OCc5cc(C)c(F)c(C)c5)c(F)c4)c(F)c3)CC2)c(C)c1. The molecule has 43 heavy (non-hydrogen) atoms. The first-order valence-corrected chi connectivity index (χ1v) is 14.7. The van der Waals surface area contributed by atoms with Gasteiger partial charge in [-0.05, 0) is 135 Å². The van der Waals surface area contributed by atoms with E-state index in [0.717, 1.165) is 48.1 Å². The van der Waals surface area contributed by atoms with Crippen molar-refractivity contribution < 1.29 is 22.6 Å². The molecule has 0 heterocycles. The van der Waals surface area contributed by atoms with Crippen LogP contribution in [0.3, 0.4) is 0 Å². The molecule has 1 saturated carbocycles. The highest BCUT2D eigenvalue weighted by atomic mass is 19.1. The van der Waals surface area contributed by atoms with Crippen LogP contribution in [-0.4, -0.2) is 6.61 Å². The van der Waals surface area contributed by atoms with Gasteiger partial charge in [-0.3, -0.25) is 0 Å². The Labute approximate surface area is 253 Å². The van der Waals surface area contributed by atoms with Gasteiger partial charge in [0.2, 0.25) is 0 Å². The lowest BCUT2D eigenvalue weighted by molar-refractivity contribution is 0.199. The molecule has 1 fully saturated rings. The van der Waals surface area contributed by atoms with Gasteiger partial charge < -0.3 is 9.47 Å². The first kappa shape index (κ1) is 31.8. The number of hydrogen-bond donors (Lipinski definition) is 0. The Hall–Kier alpha value is -4.17. The summed E-state index contributed by atoms with van der Waals surface area (Å²) in [6, 6.07) is 19.4. The molecule has 224 valence electrons. The van der Waals surface area contributed by atoms with Crippen molar-refractivity contribution in [2.24, 2.45) is 5.92 Å². The van der Waals surface area contributed by atoms with E-state index in [-0.39, 0.29) is 24.0 Å². The minimum Gasteiger partial charge on any atom is -0.493 e. The second-order valence-electron chi connectivity index (χ2n) is 11.5. The van der Waals surface area contributed by atoms with Crippen molar-refractivity contribution in [2.75, 3.05) is 6.61 Å². The summed E-state index contributed by atoms with van der Waals surface area (Å²) in [6.45, 7) is 8.35. The highest BCUT2D eigenvalue weighted by Gasteiger charge is 2.24. The van der Waals surface area contributed by atoms with Crippen LogP contribution in [0.5, 0.6) is 11.5 Å². The van der Waals surface area contributed by atoms with Crippen molar-refractivity contribution in [3.8, 4) is 35.5 Å². The van der Waals surface area contributed by atoms with E-state index in [1.165, 1.54) is 17.7 Å². The van der Waals surface area contributed by atoms with Crippen molar-refractivity contribution in [2.45, 2.75) is 65.9 Å². The molecule has 2 nitrogen and oxygen atoms in total. The van der Waals surface area contributed by atoms with Crippen LogP contribution in [0.4, 0.5) is 13.2 Å². The number of terminal acetylenes is 1. The van der Waals surface area contributed by atoms with Crippen LogP contribution >= 0.6 is 0 Å². The molecule has 4 aromatic rings. The normalized spacial score (nSPS) is 16.2.